The summed E-state index contributed by atoms with van der Waals surface area (Å²) >= 11 is 7.24. The van der Waals surface area contributed by atoms with E-state index in [1.54, 1.807) is 0 Å². The van der Waals surface area contributed by atoms with Gasteiger partial charge in [0.2, 0.25) is 0 Å². The lowest BCUT2D eigenvalue weighted by Gasteiger charge is -2.41. The fraction of sp³-hybridized carbons (Fsp3) is 0.917. The van der Waals surface area contributed by atoms with Crippen LogP contribution in [0.15, 0.2) is 0 Å². The standard InChI is InChI=1S/C12H23NOS2/c1-4-12(9-14-10-12)7-8-16-11(15)13(5-2)6-3/h4-10H2,1-3H3. The van der Waals surface area contributed by atoms with Gasteiger partial charge in [0.15, 0.2) is 0 Å². The summed E-state index contributed by atoms with van der Waals surface area (Å²) in [6, 6.07) is 0. The van der Waals surface area contributed by atoms with Crippen molar-refractivity contribution in [3.63, 3.8) is 0 Å². The normalized spacial score (nSPS) is 17.9. The van der Waals surface area contributed by atoms with Gasteiger partial charge in [-0.3, -0.25) is 0 Å². The van der Waals surface area contributed by atoms with Crippen molar-refractivity contribution in [2.24, 2.45) is 5.41 Å². The minimum absolute atomic E-state index is 0.464. The summed E-state index contributed by atoms with van der Waals surface area (Å²) in [5.74, 6) is 1.13. The Morgan fingerprint density at radius 3 is 2.31 bits per heavy atom. The second kappa shape index (κ2) is 6.82. The van der Waals surface area contributed by atoms with E-state index in [-0.39, 0.29) is 0 Å². The molecule has 1 fully saturated rings. The van der Waals surface area contributed by atoms with Crippen LogP contribution in [-0.4, -0.2) is 41.3 Å². The number of hydrogen-bond donors (Lipinski definition) is 0. The quantitative estimate of drug-likeness (QED) is 0.681. The van der Waals surface area contributed by atoms with Crippen molar-refractivity contribution in [3.8, 4) is 0 Å². The highest BCUT2D eigenvalue weighted by atomic mass is 32.2. The average molecular weight is 261 g/mol. The van der Waals surface area contributed by atoms with Gasteiger partial charge in [-0.1, -0.05) is 30.9 Å². The Morgan fingerprint density at radius 2 is 1.94 bits per heavy atom. The highest BCUT2D eigenvalue weighted by Crippen LogP contribution is 2.36. The zero-order chi connectivity index (χ0) is 12.0. The summed E-state index contributed by atoms with van der Waals surface area (Å²) in [5.41, 5.74) is 0.464. The lowest BCUT2D eigenvalue weighted by Crippen LogP contribution is -2.42. The number of rotatable bonds is 6. The number of nitrogens with zero attached hydrogens (tertiary/aromatic N) is 1. The first-order valence-corrected chi connectivity index (χ1v) is 7.56. The van der Waals surface area contributed by atoms with Crippen molar-refractivity contribution in [2.45, 2.75) is 33.6 Å². The second-order valence-corrected chi connectivity index (χ2v) is 6.11. The minimum atomic E-state index is 0.464. The van der Waals surface area contributed by atoms with E-state index in [0.717, 1.165) is 36.4 Å². The van der Waals surface area contributed by atoms with Gasteiger partial charge < -0.3 is 9.64 Å². The van der Waals surface area contributed by atoms with Crippen LogP contribution in [0.4, 0.5) is 0 Å². The third-order valence-electron chi connectivity index (χ3n) is 3.45. The van der Waals surface area contributed by atoms with E-state index in [0.29, 0.717) is 5.41 Å². The maximum atomic E-state index is 5.41. The summed E-state index contributed by atoms with van der Waals surface area (Å²) < 4.78 is 6.38. The SMILES string of the molecule is CCN(CC)C(=S)SCCC1(CC)COC1. The molecule has 16 heavy (non-hydrogen) atoms. The topological polar surface area (TPSA) is 12.5 Å². The monoisotopic (exact) mass is 261 g/mol. The van der Waals surface area contributed by atoms with E-state index in [1.807, 2.05) is 11.8 Å². The molecule has 0 spiro atoms. The summed E-state index contributed by atoms with van der Waals surface area (Å²) in [5, 5.41) is 0. The summed E-state index contributed by atoms with van der Waals surface area (Å²) in [4.78, 5) is 2.25. The van der Waals surface area contributed by atoms with E-state index in [4.69, 9.17) is 17.0 Å². The molecule has 2 nitrogen and oxygen atoms in total. The molecular formula is C12H23NOS2. The van der Waals surface area contributed by atoms with Crippen LogP contribution in [-0.2, 0) is 4.74 Å². The number of hydrogen-bond acceptors (Lipinski definition) is 3. The van der Waals surface area contributed by atoms with E-state index < -0.39 is 0 Å². The molecule has 1 heterocycles. The van der Waals surface area contributed by atoms with E-state index >= 15 is 0 Å². The molecular weight excluding hydrogens is 238 g/mol. The van der Waals surface area contributed by atoms with Crippen molar-refractivity contribution >= 4 is 28.3 Å². The van der Waals surface area contributed by atoms with Gasteiger partial charge in [0.1, 0.15) is 4.32 Å². The van der Waals surface area contributed by atoms with Crippen molar-refractivity contribution < 1.29 is 4.74 Å². The second-order valence-electron chi connectivity index (χ2n) is 4.38. The zero-order valence-corrected chi connectivity index (χ0v) is 12.3. The fourth-order valence-electron chi connectivity index (χ4n) is 1.84. The maximum Gasteiger partial charge on any atom is 0.136 e. The lowest BCUT2D eigenvalue weighted by molar-refractivity contribution is -0.116. The Morgan fingerprint density at radius 1 is 1.31 bits per heavy atom. The molecule has 1 aliphatic heterocycles. The summed E-state index contributed by atoms with van der Waals surface area (Å²) in [6.45, 7) is 10.5. The molecule has 0 bridgehead atoms. The molecule has 0 saturated carbocycles. The maximum absolute atomic E-state index is 5.41. The van der Waals surface area contributed by atoms with Gasteiger partial charge in [-0.15, -0.1) is 0 Å². The van der Waals surface area contributed by atoms with Crippen molar-refractivity contribution in [1.29, 1.82) is 0 Å². The molecule has 4 heteroatoms. The summed E-state index contributed by atoms with van der Waals surface area (Å²) in [6.07, 6.45) is 2.46. The van der Waals surface area contributed by atoms with Crippen molar-refractivity contribution in [2.75, 3.05) is 32.1 Å². The molecule has 0 amide bonds. The fourth-order valence-corrected chi connectivity index (χ4v) is 3.50. The van der Waals surface area contributed by atoms with Gasteiger partial charge in [0, 0.05) is 24.3 Å². The van der Waals surface area contributed by atoms with Crippen LogP contribution in [0, 0.1) is 5.41 Å². The molecule has 0 unspecified atom stereocenters. The Labute approximate surface area is 109 Å². The average Bonchev–Trinajstić information content (AvgIpc) is 2.24. The number of ether oxygens (including phenoxy) is 1. The third-order valence-corrected chi connectivity index (χ3v) is 4.97. The highest BCUT2D eigenvalue weighted by Gasteiger charge is 2.36. The smallest absolute Gasteiger partial charge is 0.136 e. The Bertz CT molecular complexity index is 220. The molecule has 0 aromatic heterocycles. The minimum Gasteiger partial charge on any atom is -0.380 e. The van der Waals surface area contributed by atoms with Gasteiger partial charge in [0.05, 0.1) is 13.2 Å². The molecule has 0 radical (unpaired) electrons. The van der Waals surface area contributed by atoms with Crippen molar-refractivity contribution in [1.82, 2.24) is 4.90 Å². The number of thioether (sulfide) groups is 1. The van der Waals surface area contributed by atoms with E-state index in [2.05, 4.69) is 25.7 Å². The van der Waals surface area contributed by atoms with Gasteiger partial charge in [-0.2, -0.15) is 0 Å². The van der Waals surface area contributed by atoms with Crippen LogP contribution < -0.4 is 0 Å². The zero-order valence-electron chi connectivity index (χ0n) is 10.6. The first kappa shape index (κ1) is 14.3. The Balaban J connectivity index is 2.21. The van der Waals surface area contributed by atoms with Gasteiger partial charge in [0.25, 0.3) is 0 Å². The van der Waals surface area contributed by atoms with Crippen LogP contribution in [0.1, 0.15) is 33.6 Å². The molecule has 0 N–H and O–H groups in total. The predicted octanol–water partition coefficient (Wildman–Crippen LogP) is 3.16. The van der Waals surface area contributed by atoms with Gasteiger partial charge >= 0.3 is 0 Å². The summed E-state index contributed by atoms with van der Waals surface area (Å²) in [7, 11) is 0. The molecule has 0 aliphatic carbocycles. The highest BCUT2D eigenvalue weighted by molar-refractivity contribution is 8.22. The van der Waals surface area contributed by atoms with Crippen LogP contribution in [0.3, 0.4) is 0 Å². The molecule has 1 rings (SSSR count). The predicted molar refractivity (Wildman–Crippen MR) is 76.1 cm³/mol. The molecule has 94 valence electrons. The Kier molecular flexibility index (Phi) is 6.08. The van der Waals surface area contributed by atoms with Crippen LogP contribution in [0.25, 0.3) is 0 Å². The van der Waals surface area contributed by atoms with E-state index in [1.165, 1.54) is 12.8 Å². The molecule has 0 atom stereocenters. The molecule has 0 aromatic carbocycles. The van der Waals surface area contributed by atoms with Gasteiger partial charge in [-0.25, -0.2) is 0 Å². The third kappa shape index (κ3) is 3.60. The van der Waals surface area contributed by atoms with Crippen LogP contribution in [0.5, 0.6) is 0 Å². The first-order chi connectivity index (χ1) is 7.67. The largest absolute Gasteiger partial charge is 0.380 e. The lowest BCUT2D eigenvalue weighted by atomic mass is 9.81. The van der Waals surface area contributed by atoms with Gasteiger partial charge in [-0.05, 0) is 26.7 Å². The van der Waals surface area contributed by atoms with Crippen molar-refractivity contribution in [3.05, 3.63) is 0 Å². The Hall–Kier alpha value is 0.200. The van der Waals surface area contributed by atoms with E-state index in [9.17, 15) is 0 Å². The van der Waals surface area contributed by atoms with Crippen LogP contribution in [0.2, 0.25) is 0 Å². The van der Waals surface area contributed by atoms with Crippen LogP contribution >= 0.6 is 24.0 Å². The number of thiocarbonyl (C=S) groups is 1. The molecule has 1 aliphatic rings. The molecule has 1 saturated heterocycles. The molecule has 0 aromatic rings. The first-order valence-electron chi connectivity index (χ1n) is 6.17.